The van der Waals surface area contributed by atoms with Gasteiger partial charge >= 0.3 is 0 Å². The van der Waals surface area contributed by atoms with Crippen LogP contribution in [0.3, 0.4) is 0 Å². The fraction of sp³-hybridized carbons (Fsp3) is 0.154. The molecular formula is C13H14ClN3OS. The van der Waals surface area contributed by atoms with Crippen molar-refractivity contribution in [3.63, 3.8) is 0 Å². The predicted octanol–water partition coefficient (Wildman–Crippen LogP) is 2.79. The second-order valence-corrected chi connectivity index (χ2v) is 5.75. The average Bonchev–Trinajstić information content (AvgIpc) is 2.84. The maximum atomic E-state index is 8.75. The molecule has 0 aliphatic heterocycles. The first-order chi connectivity index (χ1) is 9.20. The van der Waals surface area contributed by atoms with Crippen LogP contribution in [0.5, 0.6) is 0 Å². The molecule has 0 saturated heterocycles. The third-order valence-corrected chi connectivity index (χ3v) is 3.88. The summed E-state index contributed by atoms with van der Waals surface area (Å²) in [7, 11) is 0. The maximum absolute atomic E-state index is 8.75. The number of oxime groups is 1. The van der Waals surface area contributed by atoms with Crippen LogP contribution in [0.15, 0.2) is 41.6 Å². The smallest absolute Gasteiger partial charge is 0.170 e. The molecule has 4 nitrogen and oxygen atoms in total. The van der Waals surface area contributed by atoms with Crippen molar-refractivity contribution in [2.24, 2.45) is 10.9 Å². The maximum Gasteiger partial charge on any atom is 0.170 e. The van der Waals surface area contributed by atoms with E-state index in [2.05, 4.69) is 10.5 Å². The van der Waals surface area contributed by atoms with Gasteiger partial charge in [0.15, 0.2) is 5.84 Å². The molecule has 0 fully saturated rings. The second kappa shape index (κ2) is 6.56. The molecule has 4 N–H and O–H groups in total. The summed E-state index contributed by atoms with van der Waals surface area (Å²) in [6.45, 7) is 1.38. The minimum Gasteiger partial charge on any atom is -0.409 e. The zero-order chi connectivity index (χ0) is 13.7. The second-order valence-electron chi connectivity index (χ2n) is 3.95. The number of benzene rings is 1. The largest absolute Gasteiger partial charge is 0.409 e. The van der Waals surface area contributed by atoms with Gasteiger partial charge in [-0.15, -0.1) is 11.3 Å². The molecule has 1 heterocycles. The van der Waals surface area contributed by atoms with Gasteiger partial charge in [-0.3, -0.25) is 0 Å². The Labute approximate surface area is 120 Å². The number of rotatable bonds is 5. The van der Waals surface area contributed by atoms with Crippen molar-refractivity contribution in [1.82, 2.24) is 5.32 Å². The Hall–Kier alpha value is -1.56. The first-order valence-corrected chi connectivity index (χ1v) is 6.91. The van der Waals surface area contributed by atoms with E-state index in [1.165, 1.54) is 4.88 Å². The van der Waals surface area contributed by atoms with Gasteiger partial charge in [0.2, 0.25) is 0 Å². The minimum atomic E-state index is 0.122. The van der Waals surface area contributed by atoms with Crippen molar-refractivity contribution in [3.05, 3.63) is 56.7 Å². The summed E-state index contributed by atoms with van der Waals surface area (Å²) in [5.41, 5.74) is 7.36. The Morgan fingerprint density at radius 3 is 2.74 bits per heavy atom. The van der Waals surface area contributed by atoms with Gasteiger partial charge < -0.3 is 16.3 Å². The van der Waals surface area contributed by atoms with E-state index in [0.717, 1.165) is 22.0 Å². The highest BCUT2D eigenvalue weighted by Gasteiger charge is 2.06. The summed E-state index contributed by atoms with van der Waals surface area (Å²) in [5, 5.41) is 15.1. The Morgan fingerprint density at radius 2 is 2.05 bits per heavy atom. The van der Waals surface area contributed by atoms with Crippen molar-refractivity contribution in [2.45, 2.75) is 13.1 Å². The number of hydrogen-bond acceptors (Lipinski definition) is 4. The van der Waals surface area contributed by atoms with Crippen molar-refractivity contribution in [1.29, 1.82) is 0 Å². The van der Waals surface area contributed by atoms with Gasteiger partial charge in [-0.05, 0) is 17.7 Å². The van der Waals surface area contributed by atoms with E-state index >= 15 is 0 Å². The van der Waals surface area contributed by atoms with E-state index in [4.69, 9.17) is 22.5 Å². The highest BCUT2D eigenvalue weighted by atomic mass is 35.5. The number of halogens is 1. The molecule has 100 valence electrons. The Bertz CT molecular complexity index is 583. The predicted molar refractivity (Wildman–Crippen MR) is 78.8 cm³/mol. The molecule has 0 radical (unpaired) electrons. The zero-order valence-corrected chi connectivity index (χ0v) is 11.7. The molecule has 1 aromatic heterocycles. The highest BCUT2D eigenvalue weighted by molar-refractivity contribution is 7.16. The Kier molecular flexibility index (Phi) is 4.79. The van der Waals surface area contributed by atoms with Gasteiger partial charge in [0.1, 0.15) is 0 Å². The van der Waals surface area contributed by atoms with E-state index in [1.54, 1.807) is 11.3 Å². The molecular weight excluding hydrogens is 282 g/mol. The molecule has 0 aliphatic rings. The van der Waals surface area contributed by atoms with Gasteiger partial charge in [0.05, 0.1) is 4.34 Å². The van der Waals surface area contributed by atoms with Gasteiger partial charge in [-0.1, -0.05) is 41.0 Å². The van der Waals surface area contributed by atoms with Crippen LogP contribution in [0.25, 0.3) is 0 Å². The summed E-state index contributed by atoms with van der Waals surface area (Å²) >= 11 is 7.43. The highest BCUT2D eigenvalue weighted by Crippen LogP contribution is 2.21. The molecule has 0 atom stereocenters. The Balaban J connectivity index is 2.00. The molecule has 0 unspecified atom stereocenters. The lowest BCUT2D eigenvalue weighted by molar-refractivity contribution is 0.318. The minimum absolute atomic E-state index is 0.122. The van der Waals surface area contributed by atoms with Crippen LogP contribution >= 0.6 is 22.9 Å². The van der Waals surface area contributed by atoms with Gasteiger partial charge in [0.25, 0.3) is 0 Å². The van der Waals surface area contributed by atoms with Crippen LogP contribution in [-0.4, -0.2) is 11.0 Å². The summed E-state index contributed by atoms with van der Waals surface area (Å²) < 4.78 is 0.786. The SMILES string of the molecule is NC(=NO)c1ccccc1CNCc1ccc(Cl)s1. The van der Waals surface area contributed by atoms with Crippen LogP contribution < -0.4 is 11.1 Å². The third-order valence-electron chi connectivity index (χ3n) is 2.64. The first-order valence-electron chi connectivity index (χ1n) is 5.71. The van der Waals surface area contributed by atoms with Crippen LogP contribution in [-0.2, 0) is 13.1 Å². The third kappa shape index (κ3) is 3.70. The number of nitrogens with zero attached hydrogens (tertiary/aromatic N) is 1. The monoisotopic (exact) mass is 295 g/mol. The van der Waals surface area contributed by atoms with E-state index in [-0.39, 0.29) is 5.84 Å². The molecule has 0 saturated carbocycles. The van der Waals surface area contributed by atoms with Crippen LogP contribution in [0.4, 0.5) is 0 Å². The molecule has 2 rings (SSSR count). The topological polar surface area (TPSA) is 70.6 Å². The van der Waals surface area contributed by atoms with E-state index < -0.39 is 0 Å². The standard InChI is InChI=1S/C13H14ClN3OS/c14-12-6-5-10(19-12)8-16-7-9-3-1-2-4-11(9)13(15)17-18/h1-6,16,18H,7-8H2,(H2,15,17). The molecule has 1 aromatic carbocycles. The summed E-state index contributed by atoms with van der Waals surface area (Å²) in [5.74, 6) is 0.122. The van der Waals surface area contributed by atoms with E-state index in [0.29, 0.717) is 6.54 Å². The molecule has 0 bridgehead atoms. The number of hydrogen-bond donors (Lipinski definition) is 3. The van der Waals surface area contributed by atoms with Crippen molar-refractivity contribution >= 4 is 28.8 Å². The van der Waals surface area contributed by atoms with Crippen molar-refractivity contribution in [3.8, 4) is 0 Å². The normalized spacial score (nSPS) is 11.7. The fourth-order valence-corrected chi connectivity index (χ4v) is 2.80. The van der Waals surface area contributed by atoms with Crippen LogP contribution in [0, 0.1) is 0 Å². The molecule has 6 heteroatoms. The molecule has 0 aliphatic carbocycles. The summed E-state index contributed by atoms with van der Waals surface area (Å²) in [4.78, 5) is 1.17. The quantitative estimate of drug-likeness (QED) is 0.344. The van der Waals surface area contributed by atoms with Crippen LogP contribution in [0.1, 0.15) is 16.0 Å². The summed E-state index contributed by atoms with van der Waals surface area (Å²) in [6.07, 6.45) is 0. The zero-order valence-electron chi connectivity index (χ0n) is 10.1. The molecule has 0 spiro atoms. The number of amidine groups is 1. The Morgan fingerprint density at radius 1 is 1.26 bits per heavy atom. The molecule has 19 heavy (non-hydrogen) atoms. The van der Waals surface area contributed by atoms with Gasteiger partial charge in [0, 0.05) is 23.5 Å². The van der Waals surface area contributed by atoms with Gasteiger partial charge in [-0.2, -0.15) is 0 Å². The van der Waals surface area contributed by atoms with E-state index in [1.807, 2.05) is 36.4 Å². The molecule has 2 aromatic rings. The van der Waals surface area contributed by atoms with Crippen molar-refractivity contribution < 1.29 is 5.21 Å². The fourth-order valence-electron chi connectivity index (χ4n) is 1.75. The van der Waals surface area contributed by atoms with Crippen molar-refractivity contribution in [2.75, 3.05) is 0 Å². The van der Waals surface area contributed by atoms with Gasteiger partial charge in [-0.25, -0.2) is 0 Å². The summed E-state index contributed by atoms with van der Waals surface area (Å²) in [6, 6.07) is 11.4. The van der Waals surface area contributed by atoms with Crippen LogP contribution in [0.2, 0.25) is 4.34 Å². The lowest BCUT2D eigenvalue weighted by Crippen LogP contribution is -2.19. The molecule has 0 amide bonds. The number of nitrogens with one attached hydrogen (secondary N) is 1. The lowest BCUT2D eigenvalue weighted by Gasteiger charge is -2.08. The van der Waals surface area contributed by atoms with E-state index in [9.17, 15) is 0 Å². The lowest BCUT2D eigenvalue weighted by atomic mass is 10.1. The number of thiophene rings is 1. The number of nitrogens with two attached hydrogens (primary N) is 1. The first kappa shape index (κ1) is 13.9. The average molecular weight is 296 g/mol.